The molecule has 0 rings (SSSR count). The zero-order valence-corrected chi connectivity index (χ0v) is 28.5. The van der Waals surface area contributed by atoms with Crippen LogP contribution in [0.15, 0.2) is 0 Å². The fourth-order valence-corrected chi connectivity index (χ4v) is 4.76. The smallest absolute Gasteiger partial charge is 0.558 e. The molecular formula is C31H60NaO5P. The number of unbranched alkanes of at least 4 members (excludes halogenated alkanes) is 20. The van der Waals surface area contributed by atoms with Crippen LogP contribution in [0.1, 0.15) is 168 Å². The van der Waals surface area contributed by atoms with E-state index in [9.17, 15) is 9.59 Å². The summed E-state index contributed by atoms with van der Waals surface area (Å²) in [6.07, 6.45) is 27.7. The van der Waals surface area contributed by atoms with Crippen molar-refractivity contribution in [1.82, 2.24) is 0 Å². The van der Waals surface area contributed by atoms with Crippen LogP contribution in [-0.4, -0.2) is 31.3 Å². The minimum absolute atomic E-state index is 0. The standard InChI is InChI=1S/C31H60O5P.Na/c1-3-5-7-9-11-13-15-17-19-21-23-25-30(32)34-27-29(28-35-37)36-31(33)26-24-22-20-18-16-14-12-10-8-6-4-2;/h29,37H,3-28H2,1-2H3;/q-1;+1. The van der Waals surface area contributed by atoms with Gasteiger partial charge in [-0.2, -0.15) is 0 Å². The van der Waals surface area contributed by atoms with Gasteiger partial charge in [0, 0.05) is 12.8 Å². The van der Waals surface area contributed by atoms with Gasteiger partial charge in [0.2, 0.25) is 0 Å². The molecule has 0 fully saturated rings. The van der Waals surface area contributed by atoms with Gasteiger partial charge in [-0.25, -0.2) is 0 Å². The second kappa shape index (κ2) is 33.5. The van der Waals surface area contributed by atoms with Gasteiger partial charge in [-0.15, -0.1) is 0 Å². The molecule has 5 nitrogen and oxygen atoms in total. The molecule has 38 heavy (non-hydrogen) atoms. The molecule has 0 aliphatic rings. The molecule has 0 amide bonds. The van der Waals surface area contributed by atoms with Crippen LogP contribution in [0, 0.1) is 0 Å². The minimum atomic E-state index is -0.570. The van der Waals surface area contributed by atoms with Crippen LogP contribution in [-0.2, 0) is 23.6 Å². The van der Waals surface area contributed by atoms with E-state index in [1.54, 1.807) is 0 Å². The zero-order chi connectivity index (χ0) is 27.2. The third-order valence-corrected chi connectivity index (χ3v) is 7.13. The summed E-state index contributed by atoms with van der Waals surface area (Å²) < 4.78 is 15.8. The van der Waals surface area contributed by atoms with Crippen LogP contribution in [0.3, 0.4) is 0 Å². The summed E-state index contributed by atoms with van der Waals surface area (Å²) in [4.78, 5) is 24.3. The molecule has 220 valence electrons. The van der Waals surface area contributed by atoms with Gasteiger partial charge in [0.25, 0.3) is 0 Å². The van der Waals surface area contributed by atoms with Gasteiger partial charge in [-0.1, -0.05) is 142 Å². The molecular weight excluding hydrogens is 506 g/mol. The average Bonchev–Trinajstić information content (AvgIpc) is 2.89. The summed E-state index contributed by atoms with van der Waals surface area (Å²) in [6, 6.07) is 0. The Morgan fingerprint density at radius 1 is 0.526 bits per heavy atom. The van der Waals surface area contributed by atoms with E-state index in [0.29, 0.717) is 12.8 Å². The zero-order valence-electron chi connectivity index (χ0n) is 25.5. The number of carbonyl (C=O) groups excluding carboxylic acids is 2. The minimum Gasteiger partial charge on any atom is -0.558 e. The van der Waals surface area contributed by atoms with E-state index in [1.165, 1.54) is 116 Å². The molecule has 0 saturated heterocycles. The molecule has 7 heteroatoms. The van der Waals surface area contributed by atoms with E-state index in [1.807, 2.05) is 0 Å². The molecule has 0 aromatic heterocycles. The third-order valence-electron chi connectivity index (χ3n) is 6.97. The van der Waals surface area contributed by atoms with Crippen molar-refractivity contribution >= 4 is 21.4 Å². The first-order chi connectivity index (χ1) is 18.1. The first-order valence-corrected chi connectivity index (χ1v) is 16.2. The molecule has 0 aliphatic carbocycles. The van der Waals surface area contributed by atoms with E-state index >= 15 is 0 Å². The van der Waals surface area contributed by atoms with E-state index < -0.39 is 6.10 Å². The second-order valence-electron chi connectivity index (χ2n) is 10.7. The molecule has 0 bridgehead atoms. The van der Waals surface area contributed by atoms with Gasteiger partial charge < -0.3 is 23.5 Å². The Labute approximate surface area is 260 Å². The Morgan fingerprint density at radius 2 is 0.868 bits per heavy atom. The molecule has 0 aromatic carbocycles. The van der Waals surface area contributed by atoms with Crippen molar-refractivity contribution in [2.45, 2.75) is 174 Å². The van der Waals surface area contributed by atoms with Crippen LogP contribution in [0.25, 0.3) is 0 Å². The van der Waals surface area contributed by atoms with Crippen LogP contribution in [0.5, 0.6) is 0 Å². The number of ether oxygens (including phenoxy) is 2. The Bertz CT molecular complexity index is 507. The monoisotopic (exact) mass is 566 g/mol. The predicted octanol–water partition coefficient (Wildman–Crippen LogP) is 6.92. The first-order valence-electron chi connectivity index (χ1n) is 15.8. The predicted molar refractivity (Wildman–Crippen MR) is 157 cm³/mol. The van der Waals surface area contributed by atoms with Crippen LogP contribution < -0.4 is 29.6 Å². The first kappa shape index (κ1) is 40.5. The largest absolute Gasteiger partial charge is 1.00 e. The molecule has 1 unspecified atom stereocenters. The van der Waals surface area contributed by atoms with Crippen molar-refractivity contribution < 1.29 is 53.1 Å². The number of esters is 2. The maximum Gasteiger partial charge on any atom is 1.00 e. The molecule has 0 radical (unpaired) electrons. The van der Waals surface area contributed by atoms with Crippen molar-refractivity contribution in [2.24, 2.45) is 0 Å². The third kappa shape index (κ3) is 30.9. The normalized spacial score (nSPS) is 11.7. The summed E-state index contributed by atoms with van der Waals surface area (Å²) in [6.45, 7) is 4.71. The SMILES string of the molecule is CCCCCCCCCCCCCC(=O)OCC(CO[PH-])OC(=O)CCCCCCCCCCCCC.[Na+]. The molecule has 1 atom stereocenters. The maximum absolute atomic E-state index is 12.2. The fraction of sp³-hybridized carbons (Fsp3) is 0.935. The number of hydrogen-bond donors (Lipinski definition) is 0. The van der Waals surface area contributed by atoms with Gasteiger partial charge in [-0.3, -0.25) is 9.59 Å². The van der Waals surface area contributed by atoms with Crippen molar-refractivity contribution in [1.29, 1.82) is 0 Å². The fourth-order valence-electron chi connectivity index (χ4n) is 4.58. The number of hydrogen-bond acceptors (Lipinski definition) is 5. The Balaban J connectivity index is 0. The van der Waals surface area contributed by atoms with E-state index in [-0.39, 0.29) is 54.7 Å². The van der Waals surface area contributed by atoms with E-state index in [2.05, 4.69) is 23.3 Å². The Hall–Kier alpha value is 0.330. The van der Waals surface area contributed by atoms with Gasteiger partial charge >= 0.3 is 41.5 Å². The van der Waals surface area contributed by atoms with Crippen molar-refractivity contribution in [2.75, 3.05) is 13.2 Å². The van der Waals surface area contributed by atoms with E-state index in [0.717, 1.165) is 25.7 Å². The average molecular weight is 567 g/mol. The van der Waals surface area contributed by atoms with Crippen LogP contribution in [0.2, 0.25) is 0 Å². The Kier molecular flexibility index (Phi) is 35.7. The summed E-state index contributed by atoms with van der Waals surface area (Å²) >= 11 is 0. The Morgan fingerprint density at radius 3 is 1.24 bits per heavy atom. The molecule has 0 N–H and O–H groups in total. The van der Waals surface area contributed by atoms with E-state index in [4.69, 9.17) is 14.0 Å². The topological polar surface area (TPSA) is 61.8 Å². The summed E-state index contributed by atoms with van der Waals surface area (Å²) in [5.74, 6) is -0.470. The number of carbonyl (C=O) groups is 2. The quantitative estimate of drug-likeness (QED) is 0.0426. The van der Waals surface area contributed by atoms with Crippen LogP contribution >= 0.6 is 9.47 Å². The van der Waals surface area contributed by atoms with Gasteiger partial charge in [-0.05, 0) is 12.8 Å². The maximum atomic E-state index is 12.2. The molecule has 0 saturated carbocycles. The van der Waals surface area contributed by atoms with Gasteiger partial charge in [0.1, 0.15) is 6.61 Å². The molecule has 0 aromatic rings. The van der Waals surface area contributed by atoms with Gasteiger partial charge in [0.15, 0.2) is 6.10 Å². The van der Waals surface area contributed by atoms with Crippen molar-refractivity contribution in [3.8, 4) is 0 Å². The molecule has 0 heterocycles. The summed E-state index contributed by atoms with van der Waals surface area (Å²) in [7, 11) is 2.97. The van der Waals surface area contributed by atoms with Crippen molar-refractivity contribution in [3.63, 3.8) is 0 Å². The molecule has 0 aliphatic heterocycles. The summed E-state index contributed by atoms with van der Waals surface area (Å²) in [5.41, 5.74) is 0. The van der Waals surface area contributed by atoms with Gasteiger partial charge in [0.05, 0.1) is 6.61 Å². The number of rotatable bonds is 29. The molecule has 0 spiro atoms. The van der Waals surface area contributed by atoms with Crippen molar-refractivity contribution in [3.05, 3.63) is 0 Å². The summed E-state index contributed by atoms with van der Waals surface area (Å²) in [5, 5.41) is 0. The van der Waals surface area contributed by atoms with Crippen LogP contribution in [0.4, 0.5) is 0 Å². The second-order valence-corrected chi connectivity index (χ2v) is 11.0.